The quantitative estimate of drug-likeness (QED) is 0.373. The zero-order valence-corrected chi connectivity index (χ0v) is 12.6. The van der Waals surface area contributed by atoms with Crippen molar-refractivity contribution in [1.82, 2.24) is 4.90 Å². The van der Waals surface area contributed by atoms with E-state index in [2.05, 4.69) is 33.6 Å². The summed E-state index contributed by atoms with van der Waals surface area (Å²) in [6.45, 7) is 1.79. The van der Waals surface area contributed by atoms with E-state index in [9.17, 15) is 0 Å². The fraction of sp³-hybridized carbons (Fsp3) is 0.312. The van der Waals surface area contributed by atoms with Gasteiger partial charge in [0.2, 0.25) is 0 Å². The molecular formula is C16H19N3OS. The molecule has 1 aromatic heterocycles. The van der Waals surface area contributed by atoms with Crippen LogP contribution in [0.5, 0.6) is 0 Å². The molecule has 1 aromatic carbocycles. The molecule has 5 heteroatoms. The summed E-state index contributed by atoms with van der Waals surface area (Å²) < 4.78 is 0. The summed E-state index contributed by atoms with van der Waals surface area (Å²) in [6, 6.07) is 12.8. The van der Waals surface area contributed by atoms with Crippen molar-refractivity contribution in [1.29, 1.82) is 0 Å². The van der Waals surface area contributed by atoms with Crippen LogP contribution >= 0.6 is 11.3 Å². The molecule has 2 aromatic rings. The van der Waals surface area contributed by atoms with Crippen LogP contribution in [0.4, 0.5) is 0 Å². The second kappa shape index (κ2) is 6.28. The Hall–Kier alpha value is -1.85. The van der Waals surface area contributed by atoms with Gasteiger partial charge in [-0.2, -0.15) is 0 Å². The van der Waals surface area contributed by atoms with E-state index in [-0.39, 0.29) is 5.84 Å². The van der Waals surface area contributed by atoms with Crippen molar-refractivity contribution in [3.63, 3.8) is 0 Å². The number of oxime groups is 1. The Labute approximate surface area is 128 Å². The van der Waals surface area contributed by atoms with Gasteiger partial charge in [0.05, 0.1) is 0 Å². The highest BCUT2D eigenvalue weighted by Crippen LogP contribution is 2.31. The van der Waals surface area contributed by atoms with Crippen LogP contribution in [0.3, 0.4) is 0 Å². The van der Waals surface area contributed by atoms with Crippen LogP contribution < -0.4 is 5.73 Å². The minimum Gasteiger partial charge on any atom is -0.409 e. The summed E-state index contributed by atoms with van der Waals surface area (Å²) in [4.78, 5) is 3.86. The summed E-state index contributed by atoms with van der Waals surface area (Å²) in [5.74, 6) is 0.178. The number of thiophene rings is 1. The number of hydrogen-bond acceptors (Lipinski definition) is 4. The largest absolute Gasteiger partial charge is 0.409 e. The molecule has 0 aliphatic heterocycles. The van der Waals surface area contributed by atoms with Crippen molar-refractivity contribution in [3.8, 4) is 0 Å². The highest BCUT2D eigenvalue weighted by atomic mass is 32.1. The molecule has 0 spiro atoms. The number of benzene rings is 1. The Morgan fingerprint density at radius 3 is 2.71 bits per heavy atom. The van der Waals surface area contributed by atoms with Crippen LogP contribution in [0.1, 0.15) is 28.8 Å². The van der Waals surface area contributed by atoms with E-state index in [1.54, 1.807) is 11.3 Å². The lowest BCUT2D eigenvalue weighted by Gasteiger charge is -2.22. The van der Waals surface area contributed by atoms with Gasteiger partial charge in [-0.1, -0.05) is 35.5 Å². The molecule has 3 N–H and O–H groups in total. The minimum atomic E-state index is 0.178. The smallest absolute Gasteiger partial charge is 0.170 e. The molecule has 1 heterocycles. The fourth-order valence-corrected chi connectivity index (χ4v) is 3.27. The lowest BCUT2D eigenvalue weighted by molar-refractivity contribution is 0.248. The number of nitrogens with two attached hydrogens (primary N) is 1. The van der Waals surface area contributed by atoms with Crippen molar-refractivity contribution >= 4 is 17.2 Å². The zero-order valence-electron chi connectivity index (χ0n) is 11.8. The normalized spacial score (nSPS) is 15.6. The first kappa shape index (κ1) is 14.1. The summed E-state index contributed by atoms with van der Waals surface area (Å²) in [5.41, 5.74) is 7.71. The van der Waals surface area contributed by atoms with E-state index in [4.69, 9.17) is 10.9 Å². The van der Waals surface area contributed by atoms with Crippen molar-refractivity contribution in [2.24, 2.45) is 10.9 Å². The molecule has 110 valence electrons. The minimum absolute atomic E-state index is 0.178. The monoisotopic (exact) mass is 301 g/mol. The molecule has 21 heavy (non-hydrogen) atoms. The maximum Gasteiger partial charge on any atom is 0.170 e. The Morgan fingerprint density at radius 2 is 2.05 bits per heavy atom. The second-order valence-corrected chi connectivity index (χ2v) is 6.39. The van der Waals surface area contributed by atoms with E-state index in [1.807, 2.05) is 18.2 Å². The molecule has 0 radical (unpaired) electrons. The van der Waals surface area contributed by atoms with E-state index >= 15 is 0 Å². The van der Waals surface area contributed by atoms with Gasteiger partial charge in [0.1, 0.15) is 0 Å². The first-order chi connectivity index (χ1) is 10.3. The molecule has 0 amide bonds. The van der Waals surface area contributed by atoms with Gasteiger partial charge in [-0.05, 0) is 29.9 Å². The van der Waals surface area contributed by atoms with Gasteiger partial charge in [0.15, 0.2) is 5.84 Å². The molecule has 0 atom stereocenters. The van der Waals surface area contributed by atoms with Crippen LogP contribution in [-0.4, -0.2) is 22.0 Å². The molecule has 1 fully saturated rings. The van der Waals surface area contributed by atoms with E-state index in [0.717, 1.165) is 24.2 Å². The lowest BCUT2D eigenvalue weighted by Crippen LogP contribution is -2.26. The molecule has 0 saturated heterocycles. The Kier molecular flexibility index (Phi) is 4.22. The molecule has 4 nitrogen and oxygen atoms in total. The molecule has 1 aliphatic carbocycles. The van der Waals surface area contributed by atoms with Gasteiger partial charge in [-0.3, -0.25) is 4.90 Å². The summed E-state index contributed by atoms with van der Waals surface area (Å²) in [5, 5.41) is 14.2. The summed E-state index contributed by atoms with van der Waals surface area (Å²) >= 11 is 1.79. The van der Waals surface area contributed by atoms with Gasteiger partial charge < -0.3 is 10.9 Å². The molecule has 0 unspecified atom stereocenters. The third kappa shape index (κ3) is 3.43. The first-order valence-corrected chi connectivity index (χ1v) is 7.98. The predicted octanol–water partition coefficient (Wildman–Crippen LogP) is 3.01. The van der Waals surface area contributed by atoms with E-state index in [1.165, 1.54) is 17.7 Å². The Balaban J connectivity index is 1.80. The average Bonchev–Trinajstić information content (AvgIpc) is 3.24. The Bertz CT molecular complexity index is 620. The van der Waals surface area contributed by atoms with Crippen molar-refractivity contribution < 1.29 is 5.21 Å². The van der Waals surface area contributed by atoms with Crippen molar-refractivity contribution in [3.05, 3.63) is 57.8 Å². The average molecular weight is 301 g/mol. The topological polar surface area (TPSA) is 61.9 Å². The molecule has 1 aliphatic rings. The fourth-order valence-electron chi connectivity index (χ4n) is 2.54. The highest BCUT2D eigenvalue weighted by molar-refractivity contribution is 7.09. The third-order valence-electron chi connectivity index (χ3n) is 3.78. The van der Waals surface area contributed by atoms with Gasteiger partial charge in [0.25, 0.3) is 0 Å². The number of amidine groups is 1. The second-order valence-electron chi connectivity index (χ2n) is 5.36. The first-order valence-electron chi connectivity index (χ1n) is 7.10. The van der Waals surface area contributed by atoms with E-state index in [0.29, 0.717) is 6.04 Å². The van der Waals surface area contributed by atoms with Crippen LogP contribution in [0.25, 0.3) is 0 Å². The number of hydrogen-bond donors (Lipinski definition) is 2. The van der Waals surface area contributed by atoms with Gasteiger partial charge in [-0.15, -0.1) is 11.3 Å². The lowest BCUT2D eigenvalue weighted by atomic mass is 10.1. The maximum absolute atomic E-state index is 8.93. The van der Waals surface area contributed by atoms with E-state index < -0.39 is 0 Å². The van der Waals surface area contributed by atoms with Crippen molar-refractivity contribution in [2.75, 3.05) is 0 Å². The molecule has 0 bridgehead atoms. The Morgan fingerprint density at radius 1 is 1.24 bits per heavy atom. The molecule has 1 saturated carbocycles. The van der Waals surface area contributed by atoms with Crippen LogP contribution in [0.2, 0.25) is 0 Å². The highest BCUT2D eigenvalue weighted by Gasteiger charge is 2.29. The van der Waals surface area contributed by atoms with Gasteiger partial charge in [-0.25, -0.2) is 0 Å². The van der Waals surface area contributed by atoms with Crippen molar-refractivity contribution in [2.45, 2.75) is 32.0 Å². The van der Waals surface area contributed by atoms with Gasteiger partial charge >= 0.3 is 0 Å². The molecular weight excluding hydrogens is 282 g/mol. The maximum atomic E-state index is 8.93. The summed E-state index contributed by atoms with van der Waals surface area (Å²) in [7, 11) is 0. The third-order valence-corrected chi connectivity index (χ3v) is 4.64. The van der Waals surface area contributed by atoms with Crippen LogP contribution in [-0.2, 0) is 13.1 Å². The molecule has 3 rings (SSSR count). The standard InChI is InChI=1S/C16H19N3OS/c17-16(18-20)15-6-2-1-4-12(15)10-19(13-7-8-13)11-14-5-3-9-21-14/h1-6,9,13,20H,7-8,10-11H2,(H2,17,18). The van der Waals surface area contributed by atoms with Gasteiger partial charge in [0, 0.05) is 29.6 Å². The predicted molar refractivity (Wildman–Crippen MR) is 85.5 cm³/mol. The number of rotatable bonds is 6. The van der Waals surface area contributed by atoms with Crippen LogP contribution in [0, 0.1) is 0 Å². The van der Waals surface area contributed by atoms with Crippen LogP contribution in [0.15, 0.2) is 46.9 Å². The SMILES string of the molecule is NC(=NO)c1ccccc1CN(Cc1cccs1)C1CC1. The zero-order chi connectivity index (χ0) is 14.7. The number of nitrogens with zero attached hydrogens (tertiary/aromatic N) is 2. The summed E-state index contributed by atoms with van der Waals surface area (Å²) in [6.07, 6.45) is 2.52.